The summed E-state index contributed by atoms with van der Waals surface area (Å²) in [6.07, 6.45) is 0. The summed E-state index contributed by atoms with van der Waals surface area (Å²) in [5.41, 5.74) is 2.41. The molecule has 0 fully saturated rings. The first-order valence-electron chi connectivity index (χ1n) is 9.62. The number of aromatic nitrogens is 2. The molecule has 7 nitrogen and oxygen atoms in total. The van der Waals surface area contributed by atoms with E-state index >= 15 is 0 Å². The molecule has 0 amide bonds. The molecule has 0 aliphatic heterocycles. The van der Waals surface area contributed by atoms with Gasteiger partial charge in [0, 0.05) is 24.1 Å². The van der Waals surface area contributed by atoms with Crippen LogP contribution in [0.1, 0.15) is 27.4 Å². The molecule has 0 bridgehead atoms. The van der Waals surface area contributed by atoms with Crippen molar-refractivity contribution in [3.05, 3.63) is 89.3 Å². The Balaban J connectivity index is 1.57. The van der Waals surface area contributed by atoms with Crippen molar-refractivity contribution >= 4 is 5.97 Å². The lowest BCUT2D eigenvalue weighted by molar-refractivity contribution is 0.0695. The highest BCUT2D eigenvalue weighted by Gasteiger charge is 2.16. The summed E-state index contributed by atoms with van der Waals surface area (Å²) in [4.78, 5) is 11.7. The number of hydrogen-bond donors (Lipinski definition) is 1. The minimum absolute atomic E-state index is 0.124. The fourth-order valence-corrected chi connectivity index (χ4v) is 3.04. The molecule has 0 atom stereocenters. The van der Waals surface area contributed by atoms with Gasteiger partial charge in [-0.25, -0.2) is 4.79 Å². The number of carboxylic acid groups (broad SMARTS) is 1. The van der Waals surface area contributed by atoms with Crippen molar-refractivity contribution < 1.29 is 23.8 Å². The van der Waals surface area contributed by atoms with Crippen LogP contribution in [0, 0.1) is 13.8 Å². The maximum Gasteiger partial charge on any atom is 0.336 e. The summed E-state index contributed by atoms with van der Waals surface area (Å²) in [6.45, 7) is 3.76. The highest BCUT2D eigenvalue weighted by atomic mass is 16.5. The van der Waals surface area contributed by atoms with E-state index in [9.17, 15) is 9.90 Å². The number of aryl methyl sites for hydroxylation is 1. The quantitative estimate of drug-likeness (QED) is 0.430. The van der Waals surface area contributed by atoms with Gasteiger partial charge < -0.3 is 19.0 Å². The Kier molecular flexibility index (Phi) is 5.66. The van der Waals surface area contributed by atoms with Crippen LogP contribution in [0.5, 0.6) is 17.2 Å². The van der Waals surface area contributed by atoms with Gasteiger partial charge in [-0.1, -0.05) is 30.3 Å². The Morgan fingerprint density at radius 2 is 1.71 bits per heavy atom. The average Bonchev–Trinajstić information content (AvgIpc) is 3.21. The zero-order valence-electron chi connectivity index (χ0n) is 17.0. The first-order valence-corrected chi connectivity index (χ1v) is 9.62. The number of ether oxygens (including phenoxy) is 2. The number of nitrogens with zero attached hydrogens (tertiary/aromatic N) is 2. The number of benzene rings is 3. The van der Waals surface area contributed by atoms with Gasteiger partial charge in [0.15, 0.2) is 0 Å². The van der Waals surface area contributed by atoms with Crippen LogP contribution in [0.4, 0.5) is 0 Å². The third-order valence-corrected chi connectivity index (χ3v) is 4.66. The summed E-state index contributed by atoms with van der Waals surface area (Å²) in [5.74, 6) is 1.22. The Morgan fingerprint density at radius 1 is 0.968 bits per heavy atom. The number of aromatic carboxylic acids is 1. The first-order chi connectivity index (χ1) is 15.0. The highest BCUT2D eigenvalue weighted by Crippen LogP contribution is 2.32. The summed E-state index contributed by atoms with van der Waals surface area (Å²) in [6, 6.07) is 19.9. The second-order valence-electron chi connectivity index (χ2n) is 6.93. The second kappa shape index (κ2) is 8.71. The minimum atomic E-state index is -1.05. The molecule has 0 aliphatic carbocycles. The number of hydrogen-bond acceptors (Lipinski definition) is 6. The molecule has 0 saturated carbocycles. The largest absolute Gasteiger partial charge is 0.488 e. The predicted molar refractivity (Wildman–Crippen MR) is 113 cm³/mol. The molecule has 4 rings (SSSR count). The van der Waals surface area contributed by atoms with Crippen molar-refractivity contribution in [3.8, 4) is 28.7 Å². The highest BCUT2D eigenvalue weighted by molar-refractivity contribution is 5.90. The minimum Gasteiger partial charge on any atom is -0.488 e. The van der Waals surface area contributed by atoms with Crippen molar-refractivity contribution in [1.82, 2.24) is 10.2 Å². The van der Waals surface area contributed by atoms with Crippen LogP contribution in [0.15, 0.2) is 71.1 Å². The van der Waals surface area contributed by atoms with Gasteiger partial charge in [-0.2, -0.15) is 0 Å². The van der Waals surface area contributed by atoms with Crippen LogP contribution in [0.2, 0.25) is 0 Å². The van der Waals surface area contributed by atoms with Gasteiger partial charge >= 0.3 is 5.97 Å². The Labute approximate surface area is 178 Å². The van der Waals surface area contributed by atoms with Crippen molar-refractivity contribution in [2.24, 2.45) is 0 Å². The maximum atomic E-state index is 11.7. The van der Waals surface area contributed by atoms with E-state index in [1.165, 1.54) is 6.07 Å². The molecule has 4 aromatic rings. The molecule has 3 aromatic carbocycles. The van der Waals surface area contributed by atoms with Crippen molar-refractivity contribution in [3.63, 3.8) is 0 Å². The fourth-order valence-electron chi connectivity index (χ4n) is 3.04. The van der Waals surface area contributed by atoms with E-state index in [1.807, 2.05) is 30.3 Å². The van der Waals surface area contributed by atoms with Crippen molar-refractivity contribution in [1.29, 1.82) is 0 Å². The molecule has 156 valence electrons. The summed E-state index contributed by atoms with van der Waals surface area (Å²) < 4.78 is 17.2. The van der Waals surface area contributed by atoms with Crippen LogP contribution in [0.3, 0.4) is 0 Å². The van der Waals surface area contributed by atoms with Crippen molar-refractivity contribution in [2.75, 3.05) is 0 Å². The maximum absolute atomic E-state index is 11.7. The van der Waals surface area contributed by atoms with E-state index in [0.29, 0.717) is 41.2 Å². The van der Waals surface area contributed by atoms with Crippen LogP contribution < -0.4 is 9.47 Å². The average molecular weight is 416 g/mol. The van der Waals surface area contributed by atoms with Gasteiger partial charge in [0.1, 0.15) is 23.9 Å². The zero-order valence-corrected chi connectivity index (χ0v) is 17.0. The van der Waals surface area contributed by atoms with Gasteiger partial charge in [0.05, 0.1) is 5.56 Å². The molecule has 1 N–H and O–H groups in total. The number of carbonyl (C=O) groups is 1. The first kappa shape index (κ1) is 20.2. The van der Waals surface area contributed by atoms with Crippen molar-refractivity contribution in [2.45, 2.75) is 20.5 Å². The molecule has 0 saturated heterocycles. The van der Waals surface area contributed by atoms with E-state index in [4.69, 9.17) is 13.9 Å². The summed E-state index contributed by atoms with van der Waals surface area (Å²) >= 11 is 0. The van der Waals surface area contributed by atoms with E-state index in [0.717, 1.165) is 11.1 Å². The van der Waals surface area contributed by atoms with E-state index in [1.54, 1.807) is 44.2 Å². The molecule has 7 heteroatoms. The lowest BCUT2D eigenvalue weighted by Gasteiger charge is -2.14. The molecule has 0 unspecified atom stereocenters. The van der Waals surface area contributed by atoms with Crippen LogP contribution in [-0.2, 0) is 6.61 Å². The van der Waals surface area contributed by atoms with Crippen LogP contribution >= 0.6 is 0 Å². The standard InChI is InChI=1S/C24H20N2O5/c1-15-21(24(27)28)12-20(13-22(15)29-14-17-6-4-3-5-7-17)31-19-10-8-18(9-11-19)23-26-25-16(2)30-23/h3-13H,14H2,1-2H3,(H,27,28). The molecular formula is C24H20N2O5. The summed E-state index contributed by atoms with van der Waals surface area (Å²) in [5, 5.41) is 17.4. The van der Waals surface area contributed by atoms with E-state index < -0.39 is 5.97 Å². The van der Waals surface area contributed by atoms with Gasteiger partial charge in [-0.15, -0.1) is 10.2 Å². The second-order valence-corrected chi connectivity index (χ2v) is 6.93. The van der Waals surface area contributed by atoms with Crippen LogP contribution in [-0.4, -0.2) is 21.3 Å². The normalized spacial score (nSPS) is 10.6. The molecule has 0 aliphatic rings. The fraction of sp³-hybridized carbons (Fsp3) is 0.125. The molecule has 1 heterocycles. The number of rotatable bonds is 7. The van der Waals surface area contributed by atoms with Crippen LogP contribution in [0.25, 0.3) is 11.5 Å². The smallest absolute Gasteiger partial charge is 0.336 e. The lowest BCUT2D eigenvalue weighted by atomic mass is 10.1. The zero-order chi connectivity index (χ0) is 21.8. The Morgan fingerprint density at radius 3 is 2.35 bits per heavy atom. The predicted octanol–water partition coefficient (Wildman–Crippen LogP) is 5.42. The summed E-state index contributed by atoms with van der Waals surface area (Å²) in [7, 11) is 0. The topological polar surface area (TPSA) is 94.7 Å². The Bertz CT molecular complexity index is 1200. The molecule has 0 radical (unpaired) electrons. The third-order valence-electron chi connectivity index (χ3n) is 4.66. The van der Waals surface area contributed by atoms with E-state index in [2.05, 4.69) is 10.2 Å². The Hall–Kier alpha value is -4.13. The molecule has 0 spiro atoms. The lowest BCUT2D eigenvalue weighted by Crippen LogP contribution is -2.04. The van der Waals surface area contributed by atoms with Gasteiger partial charge in [0.2, 0.25) is 11.8 Å². The molecule has 31 heavy (non-hydrogen) atoms. The number of carboxylic acids is 1. The molecule has 1 aromatic heterocycles. The van der Waals surface area contributed by atoms with E-state index in [-0.39, 0.29) is 5.56 Å². The molecular weight excluding hydrogens is 396 g/mol. The SMILES string of the molecule is Cc1nnc(-c2ccc(Oc3cc(OCc4ccccc4)c(C)c(C(=O)O)c3)cc2)o1. The van der Waals surface area contributed by atoms with Gasteiger partial charge in [-0.3, -0.25) is 0 Å². The monoisotopic (exact) mass is 416 g/mol. The third kappa shape index (κ3) is 4.72. The van der Waals surface area contributed by atoms with Gasteiger partial charge in [0.25, 0.3) is 0 Å². The van der Waals surface area contributed by atoms with Gasteiger partial charge in [-0.05, 0) is 42.8 Å².